The number of alkyl carbamates (subject to hydrolysis) is 1. The van der Waals surface area contributed by atoms with Crippen LogP contribution in [0.3, 0.4) is 0 Å². The molecule has 0 bridgehead atoms. The molecule has 0 saturated heterocycles. The standard InChI is InChI=1S/C12H21NO5/c1-6-7-17-8(2)9(10(14)15)13-11(16)18-12(3,4)5/h6,8-9H,1,7H2,2-5H3,(H,13,16)(H,14,15)/t8?,9-/m0/s1. The van der Waals surface area contributed by atoms with Crippen molar-refractivity contribution in [2.24, 2.45) is 0 Å². The largest absolute Gasteiger partial charge is 0.480 e. The van der Waals surface area contributed by atoms with Gasteiger partial charge in [0.15, 0.2) is 6.04 Å². The third-order valence-electron chi connectivity index (χ3n) is 1.88. The Balaban J connectivity index is 4.49. The molecular formula is C12H21NO5. The highest BCUT2D eigenvalue weighted by Crippen LogP contribution is 2.08. The summed E-state index contributed by atoms with van der Waals surface area (Å²) in [6.07, 6.45) is 0.0278. The highest BCUT2D eigenvalue weighted by Gasteiger charge is 2.29. The number of aliphatic carboxylic acids is 1. The Morgan fingerprint density at radius 2 is 2.00 bits per heavy atom. The van der Waals surface area contributed by atoms with Crippen molar-refractivity contribution in [1.29, 1.82) is 0 Å². The number of nitrogens with one attached hydrogen (secondary N) is 1. The van der Waals surface area contributed by atoms with E-state index in [1.165, 1.54) is 6.08 Å². The molecule has 6 heteroatoms. The minimum Gasteiger partial charge on any atom is -0.480 e. The van der Waals surface area contributed by atoms with Crippen molar-refractivity contribution >= 4 is 12.1 Å². The van der Waals surface area contributed by atoms with Gasteiger partial charge in [-0.2, -0.15) is 0 Å². The van der Waals surface area contributed by atoms with Crippen molar-refractivity contribution in [3.63, 3.8) is 0 Å². The van der Waals surface area contributed by atoms with E-state index in [2.05, 4.69) is 11.9 Å². The molecule has 0 fully saturated rings. The Hall–Kier alpha value is -1.56. The van der Waals surface area contributed by atoms with Crippen LogP contribution in [0.5, 0.6) is 0 Å². The van der Waals surface area contributed by atoms with Gasteiger partial charge < -0.3 is 19.9 Å². The molecule has 6 nitrogen and oxygen atoms in total. The predicted octanol–water partition coefficient (Wildman–Crippen LogP) is 1.56. The van der Waals surface area contributed by atoms with Crippen LogP contribution in [0.4, 0.5) is 4.79 Å². The van der Waals surface area contributed by atoms with Gasteiger partial charge >= 0.3 is 12.1 Å². The second kappa shape index (κ2) is 7.00. The van der Waals surface area contributed by atoms with Crippen LogP contribution in [0.2, 0.25) is 0 Å². The van der Waals surface area contributed by atoms with Crippen molar-refractivity contribution in [3.8, 4) is 0 Å². The molecule has 0 radical (unpaired) electrons. The first kappa shape index (κ1) is 16.4. The average Bonchev–Trinajstić information content (AvgIpc) is 2.19. The highest BCUT2D eigenvalue weighted by molar-refractivity contribution is 5.80. The van der Waals surface area contributed by atoms with Gasteiger partial charge in [-0.05, 0) is 27.7 Å². The van der Waals surface area contributed by atoms with Crippen LogP contribution in [0.15, 0.2) is 12.7 Å². The minimum atomic E-state index is -1.18. The van der Waals surface area contributed by atoms with Gasteiger partial charge in [-0.15, -0.1) is 6.58 Å². The Morgan fingerprint density at radius 1 is 1.44 bits per heavy atom. The van der Waals surface area contributed by atoms with Gasteiger partial charge in [-0.25, -0.2) is 9.59 Å². The third kappa shape index (κ3) is 6.90. The molecule has 104 valence electrons. The van der Waals surface area contributed by atoms with E-state index in [1.54, 1.807) is 27.7 Å². The topological polar surface area (TPSA) is 84.9 Å². The number of hydrogen-bond acceptors (Lipinski definition) is 4. The number of amides is 1. The highest BCUT2D eigenvalue weighted by atomic mass is 16.6. The number of hydrogen-bond donors (Lipinski definition) is 2. The lowest BCUT2D eigenvalue weighted by atomic mass is 10.2. The molecule has 0 aromatic rings. The number of carbonyl (C=O) groups is 2. The fourth-order valence-corrected chi connectivity index (χ4v) is 1.13. The number of carbonyl (C=O) groups excluding carboxylic acids is 1. The predicted molar refractivity (Wildman–Crippen MR) is 66.4 cm³/mol. The molecular weight excluding hydrogens is 238 g/mol. The van der Waals surface area contributed by atoms with Gasteiger partial charge in [0, 0.05) is 0 Å². The summed E-state index contributed by atoms with van der Waals surface area (Å²) in [5, 5.41) is 11.3. The van der Waals surface area contributed by atoms with Crippen molar-refractivity contribution in [3.05, 3.63) is 12.7 Å². The smallest absolute Gasteiger partial charge is 0.408 e. The molecule has 0 aliphatic carbocycles. The summed E-state index contributed by atoms with van der Waals surface area (Å²) in [5.74, 6) is -1.18. The van der Waals surface area contributed by atoms with E-state index in [0.29, 0.717) is 0 Å². The number of ether oxygens (including phenoxy) is 2. The molecule has 0 rings (SSSR count). The Morgan fingerprint density at radius 3 is 2.39 bits per heavy atom. The Kier molecular flexibility index (Phi) is 6.40. The number of carboxylic acids is 1. The quantitative estimate of drug-likeness (QED) is 0.707. The normalized spacial score (nSPS) is 14.4. The molecule has 0 aromatic carbocycles. The molecule has 2 N–H and O–H groups in total. The van der Waals surface area contributed by atoms with E-state index < -0.39 is 29.8 Å². The lowest BCUT2D eigenvalue weighted by molar-refractivity contribution is -0.143. The van der Waals surface area contributed by atoms with Gasteiger partial charge in [-0.3, -0.25) is 0 Å². The maximum Gasteiger partial charge on any atom is 0.408 e. The van der Waals surface area contributed by atoms with Gasteiger partial charge in [0.1, 0.15) is 5.60 Å². The molecule has 0 aromatic heterocycles. The average molecular weight is 259 g/mol. The summed E-state index contributed by atoms with van der Waals surface area (Å²) in [4.78, 5) is 22.5. The summed E-state index contributed by atoms with van der Waals surface area (Å²) < 4.78 is 10.2. The van der Waals surface area contributed by atoms with E-state index in [-0.39, 0.29) is 6.61 Å². The maximum absolute atomic E-state index is 11.5. The molecule has 2 atom stereocenters. The SMILES string of the molecule is C=CCOC(C)[C@H](NC(=O)OC(C)(C)C)C(=O)O. The van der Waals surface area contributed by atoms with Gasteiger partial charge in [0.25, 0.3) is 0 Å². The zero-order chi connectivity index (χ0) is 14.3. The zero-order valence-corrected chi connectivity index (χ0v) is 11.2. The number of rotatable bonds is 6. The summed E-state index contributed by atoms with van der Waals surface area (Å²) in [5.41, 5.74) is -0.682. The van der Waals surface area contributed by atoms with E-state index in [4.69, 9.17) is 14.6 Å². The van der Waals surface area contributed by atoms with E-state index in [9.17, 15) is 9.59 Å². The third-order valence-corrected chi connectivity index (χ3v) is 1.88. The van der Waals surface area contributed by atoms with Crippen LogP contribution in [0, 0.1) is 0 Å². The van der Waals surface area contributed by atoms with Crippen molar-refractivity contribution in [2.45, 2.75) is 45.4 Å². The zero-order valence-electron chi connectivity index (χ0n) is 11.2. The molecule has 18 heavy (non-hydrogen) atoms. The monoisotopic (exact) mass is 259 g/mol. The lowest BCUT2D eigenvalue weighted by Gasteiger charge is -2.24. The van der Waals surface area contributed by atoms with Crippen LogP contribution >= 0.6 is 0 Å². The minimum absolute atomic E-state index is 0.209. The first-order valence-electron chi connectivity index (χ1n) is 5.62. The van der Waals surface area contributed by atoms with Crippen LogP contribution in [0.25, 0.3) is 0 Å². The van der Waals surface area contributed by atoms with Crippen molar-refractivity contribution in [1.82, 2.24) is 5.32 Å². The first-order valence-corrected chi connectivity index (χ1v) is 5.62. The Labute approximate surface area is 107 Å². The summed E-state index contributed by atoms with van der Waals surface area (Å²) >= 11 is 0. The summed E-state index contributed by atoms with van der Waals surface area (Å²) in [6, 6.07) is -1.17. The molecule has 0 aliphatic rings. The second-order valence-corrected chi connectivity index (χ2v) is 4.79. The molecule has 1 amide bonds. The Bertz CT molecular complexity index is 308. The molecule has 0 heterocycles. The fraction of sp³-hybridized carbons (Fsp3) is 0.667. The fourth-order valence-electron chi connectivity index (χ4n) is 1.13. The van der Waals surface area contributed by atoms with Crippen LogP contribution in [-0.4, -0.2) is 41.5 Å². The summed E-state index contributed by atoms with van der Waals surface area (Å²) in [6.45, 7) is 10.3. The van der Waals surface area contributed by atoms with Crippen LogP contribution in [-0.2, 0) is 14.3 Å². The molecule has 0 spiro atoms. The van der Waals surface area contributed by atoms with Crippen LogP contribution in [0.1, 0.15) is 27.7 Å². The molecule has 0 saturated carbocycles. The van der Waals surface area contributed by atoms with Crippen LogP contribution < -0.4 is 5.32 Å². The second-order valence-electron chi connectivity index (χ2n) is 4.79. The van der Waals surface area contributed by atoms with Crippen molar-refractivity contribution < 1.29 is 24.2 Å². The van der Waals surface area contributed by atoms with E-state index in [0.717, 1.165) is 0 Å². The van der Waals surface area contributed by atoms with Gasteiger partial charge in [0.2, 0.25) is 0 Å². The van der Waals surface area contributed by atoms with E-state index in [1.807, 2.05) is 0 Å². The van der Waals surface area contributed by atoms with E-state index >= 15 is 0 Å². The van der Waals surface area contributed by atoms with Crippen molar-refractivity contribution in [2.75, 3.05) is 6.61 Å². The van der Waals surface area contributed by atoms with Gasteiger partial charge in [0.05, 0.1) is 12.7 Å². The molecule has 0 aliphatic heterocycles. The van der Waals surface area contributed by atoms with Gasteiger partial charge in [-0.1, -0.05) is 6.08 Å². The first-order chi connectivity index (χ1) is 8.17. The number of carboxylic acid groups (broad SMARTS) is 1. The maximum atomic E-state index is 11.5. The molecule has 1 unspecified atom stereocenters. The summed E-state index contributed by atoms with van der Waals surface area (Å²) in [7, 11) is 0. The lowest BCUT2D eigenvalue weighted by Crippen LogP contribution is -2.50.